The number of aromatic nitrogens is 2. The number of anilines is 1. The quantitative estimate of drug-likeness (QED) is 0.828. The maximum absolute atomic E-state index is 11.3. The number of hydrogen-bond acceptors (Lipinski definition) is 6. The topological polar surface area (TPSA) is 99.0 Å². The first-order valence-electron chi connectivity index (χ1n) is 5.93. The van der Waals surface area contributed by atoms with Crippen LogP contribution in [0.4, 0.5) is 5.82 Å². The first-order chi connectivity index (χ1) is 8.99. The average molecular weight is 281 g/mol. The van der Waals surface area contributed by atoms with Crippen LogP contribution < -0.4 is 9.62 Å². The zero-order valence-corrected chi connectivity index (χ0v) is 11.4. The van der Waals surface area contributed by atoms with Gasteiger partial charge in [-0.3, -0.25) is 0 Å². The standard InChI is InChI=1S/C11H15N5O2S/c1-19(17,18)15-9-3-2-6-16(8-9)11-10(7-12)13-4-5-14-11/h4-5,9,15H,2-3,6,8H2,1H3. The first-order valence-corrected chi connectivity index (χ1v) is 7.82. The number of nitriles is 1. The summed E-state index contributed by atoms with van der Waals surface area (Å²) in [4.78, 5) is 10.0. The molecule has 1 aliphatic rings. The molecular weight excluding hydrogens is 266 g/mol. The fourth-order valence-corrected chi connectivity index (χ4v) is 3.01. The van der Waals surface area contributed by atoms with Crippen molar-refractivity contribution >= 4 is 15.8 Å². The molecule has 0 saturated carbocycles. The number of nitrogens with zero attached hydrogens (tertiary/aromatic N) is 4. The monoisotopic (exact) mass is 281 g/mol. The van der Waals surface area contributed by atoms with E-state index < -0.39 is 10.0 Å². The second-order valence-electron chi connectivity index (χ2n) is 4.52. The van der Waals surface area contributed by atoms with Gasteiger partial charge >= 0.3 is 0 Å². The van der Waals surface area contributed by atoms with Crippen molar-refractivity contribution in [2.24, 2.45) is 0 Å². The van der Waals surface area contributed by atoms with Gasteiger partial charge in [0, 0.05) is 31.5 Å². The number of nitrogens with one attached hydrogen (secondary N) is 1. The Balaban J connectivity index is 2.15. The van der Waals surface area contributed by atoms with Crippen LogP contribution in [0.25, 0.3) is 0 Å². The summed E-state index contributed by atoms with van der Waals surface area (Å²) in [5, 5.41) is 9.01. The maximum Gasteiger partial charge on any atom is 0.209 e. The Bertz CT molecular complexity index is 595. The van der Waals surface area contributed by atoms with E-state index in [0.717, 1.165) is 25.6 Å². The summed E-state index contributed by atoms with van der Waals surface area (Å²) in [5.41, 5.74) is 0.266. The number of piperidine rings is 1. The largest absolute Gasteiger partial charge is 0.353 e. The van der Waals surface area contributed by atoms with Crippen LogP contribution in [0.5, 0.6) is 0 Å². The van der Waals surface area contributed by atoms with Crippen LogP contribution in [0, 0.1) is 11.3 Å². The Morgan fingerprint density at radius 1 is 1.47 bits per heavy atom. The lowest BCUT2D eigenvalue weighted by atomic mass is 10.1. The minimum absolute atomic E-state index is 0.155. The SMILES string of the molecule is CS(=O)(=O)NC1CCCN(c2nccnc2C#N)C1. The molecule has 1 fully saturated rings. The minimum atomic E-state index is -3.22. The molecule has 1 aromatic rings. The first kappa shape index (κ1) is 13.7. The molecule has 1 atom stereocenters. The molecule has 7 nitrogen and oxygen atoms in total. The van der Waals surface area contributed by atoms with E-state index in [2.05, 4.69) is 14.7 Å². The summed E-state index contributed by atoms with van der Waals surface area (Å²) in [5.74, 6) is 0.519. The van der Waals surface area contributed by atoms with Gasteiger partial charge in [-0.05, 0) is 12.8 Å². The summed E-state index contributed by atoms with van der Waals surface area (Å²) >= 11 is 0. The van der Waals surface area contributed by atoms with Crippen molar-refractivity contribution in [2.75, 3.05) is 24.2 Å². The van der Waals surface area contributed by atoms with Crippen molar-refractivity contribution in [2.45, 2.75) is 18.9 Å². The van der Waals surface area contributed by atoms with E-state index in [1.54, 1.807) is 0 Å². The third-order valence-corrected chi connectivity index (χ3v) is 3.65. The summed E-state index contributed by atoms with van der Waals surface area (Å²) in [6.45, 7) is 1.25. The van der Waals surface area contributed by atoms with Gasteiger partial charge in [0.1, 0.15) is 6.07 Å². The summed E-state index contributed by atoms with van der Waals surface area (Å²) < 4.78 is 25.1. The van der Waals surface area contributed by atoms with Gasteiger partial charge in [0.2, 0.25) is 10.0 Å². The molecule has 1 saturated heterocycles. The zero-order chi connectivity index (χ0) is 13.9. The zero-order valence-electron chi connectivity index (χ0n) is 10.6. The molecule has 2 rings (SSSR count). The highest BCUT2D eigenvalue weighted by Gasteiger charge is 2.24. The van der Waals surface area contributed by atoms with E-state index in [1.807, 2.05) is 11.0 Å². The van der Waals surface area contributed by atoms with Gasteiger partial charge in [-0.15, -0.1) is 0 Å². The molecule has 8 heteroatoms. The summed E-state index contributed by atoms with van der Waals surface area (Å²) in [7, 11) is -3.22. The second-order valence-corrected chi connectivity index (χ2v) is 6.30. The van der Waals surface area contributed by atoms with Crippen molar-refractivity contribution in [3.8, 4) is 6.07 Å². The Kier molecular flexibility index (Phi) is 3.97. The van der Waals surface area contributed by atoms with Gasteiger partial charge in [0.15, 0.2) is 11.5 Å². The third-order valence-electron chi connectivity index (χ3n) is 2.89. The van der Waals surface area contributed by atoms with Crippen LogP contribution in [-0.4, -0.2) is 43.8 Å². The Hall–Kier alpha value is -1.72. The van der Waals surface area contributed by atoms with E-state index >= 15 is 0 Å². The van der Waals surface area contributed by atoms with Gasteiger partial charge in [0.05, 0.1) is 6.26 Å². The van der Waals surface area contributed by atoms with Crippen molar-refractivity contribution in [1.29, 1.82) is 5.26 Å². The second kappa shape index (κ2) is 5.50. The minimum Gasteiger partial charge on any atom is -0.353 e. The van der Waals surface area contributed by atoms with Crippen molar-refractivity contribution in [3.05, 3.63) is 18.1 Å². The Morgan fingerprint density at radius 2 is 2.21 bits per heavy atom. The molecule has 0 amide bonds. The van der Waals surface area contributed by atoms with Crippen LogP contribution in [0.3, 0.4) is 0 Å². The molecule has 0 aliphatic carbocycles. The molecule has 0 radical (unpaired) electrons. The van der Waals surface area contributed by atoms with Gasteiger partial charge in [-0.2, -0.15) is 5.26 Å². The predicted octanol–water partition coefficient (Wildman–Crippen LogP) is -0.134. The highest BCUT2D eigenvalue weighted by atomic mass is 32.2. The third kappa shape index (κ3) is 3.62. The van der Waals surface area contributed by atoms with Crippen molar-refractivity contribution in [3.63, 3.8) is 0 Å². The molecule has 1 aliphatic heterocycles. The number of rotatable bonds is 3. The normalized spacial score (nSPS) is 20.0. The smallest absolute Gasteiger partial charge is 0.209 e. The fourth-order valence-electron chi connectivity index (χ4n) is 2.21. The molecule has 0 spiro atoms. The summed E-state index contributed by atoms with van der Waals surface area (Å²) in [6, 6.07) is 1.85. The van der Waals surface area contributed by atoms with E-state index in [0.29, 0.717) is 12.4 Å². The molecule has 2 heterocycles. The predicted molar refractivity (Wildman–Crippen MR) is 70.0 cm³/mol. The number of sulfonamides is 1. The van der Waals surface area contributed by atoms with Crippen LogP contribution in [0.15, 0.2) is 12.4 Å². The van der Waals surface area contributed by atoms with Gasteiger partial charge in [-0.1, -0.05) is 0 Å². The molecule has 0 aromatic carbocycles. The fraction of sp³-hybridized carbons (Fsp3) is 0.545. The molecule has 1 aromatic heterocycles. The van der Waals surface area contributed by atoms with Gasteiger partial charge in [0.25, 0.3) is 0 Å². The van der Waals surface area contributed by atoms with Crippen molar-refractivity contribution in [1.82, 2.24) is 14.7 Å². The van der Waals surface area contributed by atoms with Crippen LogP contribution in [-0.2, 0) is 10.0 Å². The molecule has 1 unspecified atom stereocenters. The van der Waals surface area contributed by atoms with Crippen LogP contribution >= 0.6 is 0 Å². The van der Waals surface area contributed by atoms with E-state index in [1.165, 1.54) is 12.4 Å². The van der Waals surface area contributed by atoms with E-state index in [4.69, 9.17) is 5.26 Å². The highest BCUT2D eigenvalue weighted by Crippen LogP contribution is 2.20. The summed E-state index contributed by atoms with van der Waals surface area (Å²) in [6.07, 6.45) is 5.78. The maximum atomic E-state index is 11.3. The lowest BCUT2D eigenvalue weighted by Crippen LogP contribution is -2.48. The Morgan fingerprint density at radius 3 is 2.89 bits per heavy atom. The highest BCUT2D eigenvalue weighted by molar-refractivity contribution is 7.88. The molecule has 102 valence electrons. The molecule has 1 N–H and O–H groups in total. The average Bonchev–Trinajstić information content (AvgIpc) is 2.37. The molecule has 19 heavy (non-hydrogen) atoms. The van der Waals surface area contributed by atoms with Crippen molar-refractivity contribution < 1.29 is 8.42 Å². The van der Waals surface area contributed by atoms with Crippen LogP contribution in [0.1, 0.15) is 18.5 Å². The van der Waals surface area contributed by atoms with Gasteiger partial charge < -0.3 is 4.90 Å². The lowest BCUT2D eigenvalue weighted by Gasteiger charge is -2.33. The Labute approximate surface area is 112 Å². The van der Waals surface area contributed by atoms with E-state index in [9.17, 15) is 8.42 Å². The van der Waals surface area contributed by atoms with Crippen LogP contribution in [0.2, 0.25) is 0 Å². The number of hydrogen-bond donors (Lipinski definition) is 1. The lowest BCUT2D eigenvalue weighted by molar-refractivity contribution is 0.465. The molecule has 0 bridgehead atoms. The van der Waals surface area contributed by atoms with Gasteiger partial charge in [-0.25, -0.2) is 23.1 Å². The molecular formula is C11H15N5O2S. The van der Waals surface area contributed by atoms with E-state index in [-0.39, 0.29) is 11.7 Å².